The lowest BCUT2D eigenvalue weighted by Crippen LogP contribution is -2.52. The fourth-order valence-corrected chi connectivity index (χ4v) is 3.30. The Morgan fingerprint density at radius 2 is 2.05 bits per heavy atom. The van der Waals surface area contributed by atoms with Gasteiger partial charge in [0.1, 0.15) is 0 Å². The molecule has 22 heavy (non-hydrogen) atoms. The molecular weight excluding hydrogens is 274 g/mol. The van der Waals surface area contributed by atoms with Crippen molar-refractivity contribution in [3.8, 4) is 0 Å². The van der Waals surface area contributed by atoms with Crippen molar-refractivity contribution >= 4 is 5.91 Å². The number of nitrogens with one attached hydrogen (secondary N) is 1. The average molecular weight is 303 g/mol. The Kier molecular flexibility index (Phi) is 5.95. The van der Waals surface area contributed by atoms with Crippen molar-refractivity contribution in [1.29, 1.82) is 0 Å². The Morgan fingerprint density at radius 1 is 1.36 bits per heavy atom. The zero-order chi connectivity index (χ0) is 16.1. The standard InChI is InChI=1S/C18H29N3O/c1-5-15-12-21(18(22)13(2)3)11-8-17(15)20-14(4)16-6-9-19-10-7-16/h6-7,9-10,13-15,17,20H,5,8,11-12H2,1-4H3/t14-,15+,17-/m0/s1. The highest BCUT2D eigenvalue weighted by Crippen LogP contribution is 2.24. The van der Waals surface area contributed by atoms with Crippen LogP contribution in [0.25, 0.3) is 0 Å². The third kappa shape index (κ3) is 4.07. The molecule has 1 aliphatic heterocycles. The normalized spacial score (nSPS) is 23.6. The quantitative estimate of drug-likeness (QED) is 0.909. The number of piperidine rings is 1. The number of aromatic nitrogens is 1. The SMILES string of the molecule is CC[C@@H]1CN(C(=O)C(C)C)CC[C@@H]1N[C@@H](C)c1ccncc1. The van der Waals surface area contributed by atoms with E-state index >= 15 is 0 Å². The Morgan fingerprint density at radius 3 is 2.64 bits per heavy atom. The zero-order valence-corrected chi connectivity index (χ0v) is 14.2. The minimum atomic E-state index is 0.0951. The number of pyridine rings is 1. The third-order valence-electron chi connectivity index (χ3n) is 4.73. The van der Waals surface area contributed by atoms with Gasteiger partial charge in [-0.25, -0.2) is 0 Å². The van der Waals surface area contributed by atoms with Crippen LogP contribution in [0.5, 0.6) is 0 Å². The molecule has 1 aromatic rings. The molecule has 1 saturated heterocycles. The zero-order valence-electron chi connectivity index (χ0n) is 14.2. The first-order valence-corrected chi connectivity index (χ1v) is 8.47. The molecule has 3 atom stereocenters. The molecule has 2 rings (SSSR count). The number of hydrogen-bond donors (Lipinski definition) is 1. The highest BCUT2D eigenvalue weighted by Gasteiger charge is 2.31. The molecule has 1 fully saturated rings. The Hall–Kier alpha value is -1.42. The summed E-state index contributed by atoms with van der Waals surface area (Å²) in [6.07, 6.45) is 5.82. The van der Waals surface area contributed by atoms with E-state index in [2.05, 4.69) is 36.3 Å². The van der Waals surface area contributed by atoms with Gasteiger partial charge in [-0.05, 0) is 37.0 Å². The molecule has 1 aromatic heterocycles. The molecule has 1 N–H and O–H groups in total. The van der Waals surface area contributed by atoms with Gasteiger partial charge in [0.15, 0.2) is 0 Å². The average Bonchev–Trinajstić information content (AvgIpc) is 2.55. The number of carbonyl (C=O) groups is 1. The summed E-state index contributed by atoms with van der Waals surface area (Å²) in [7, 11) is 0. The highest BCUT2D eigenvalue weighted by atomic mass is 16.2. The molecule has 1 aliphatic rings. The van der Waals surface area contributed by atoms with E-state index in [9.17, 15) is 4.79 Å². The van der Waals surface area contributed by atoms with E-state index in [1.54, 1.807) is 0 Å². The van der Waals surface area contributed by atoms with E-state index in [4.69, 9.17) is 0 Å². The summed E-state index contributed by atoms with van der Waals surface area (Å²) in [5.41, 5.74) is 1.27. The van der Waals surface area contributed by atoms with Crippen LogP contribution < -0.4 is 5.32 Å². The summed E-state index contributed by atoms with van der Waals surface area (Å²) in [5, 5.41) is 3.76. The molecule has 0 bridgehead atoms. The van der Waals surface area contributed by atoms with Crippen LogP contribution in [0.3, 0.4) is 0 Å². The molecule has 2 heterocycles. The summed E-state index contributed by atoms with van der Waals surface area (Å²) in [6, 6.07) is 4.92. The van der Waals surface area contributed by atoms with Crippen LogP contribution in [-0.2, 0) is 4.79 Å². The maximum Gasteiger partial charge on any atom is 0.225 e. The van der Waals surface area contributed by atoms with E-state index in [1.807, 2.05) is 31.1 Å². The van der Waals surface area contributed by atoms with Crippen molar-refractivity contribution in [2.24, 2.45) is 11.8 Å². The molecule has 122 valence electrons. The number of likely N-dealkylation sites (tertiary alicyclic amines) is 1. The number of hydrogen-bond acceptors (Lipinski definition) is 3. The lowest BCUT2D eigenvalue weighted by molar-refractivity contribution is -0.136. The summed E-state index contributed by atoms with van der Waals surface area (Å²) in [6.45, 7) is 10.1. The largest absolute Gasteiger partial charge is 0.342 e. The lowest BCUT2D eigenvalue weighted by atomic mass is 9.88. The van der Waals surface area contributed by atoms with Gasteiger partial charge < -0.3 is 10.2 Å². The fraction of sp³-hybridized carbons (Fsp3) is 0.667. The van der Waals surface area contributed by atoms with Crippen LogP contribution in [0.4, 0.5) is 0 Å². The van der Waals surface area contributed by atoms with Crippen LogP contribution in [0.1, 0.15) is 52.1 Å². The summed E-state index contributed by atoms with van der Waals surface area (Å²) in [5.74, 6) is 0.914. The molecule has 4 heteroatoms. The molecular formula is C18H29N3O. The maximum absolute atomic E-state index is 12.2. The van der Waals surface area contributed by atoms with Crippen molar-refractivity contribution in [1.82, 2.24) is 15.2 Å². The second kappa shape index (κ2) is 7.73. The molecule has 4 nitrogen and oxygen atoms in total. The minimum absolute atomic E-state index is 0.0951. The molecule has 0 radical (unpaired) electrons. The maximum atomic E-state index is 12.2. The predicted molar refractivity (Wildman–Crippen MR) is 89.4 cm³/mol. The first-order valence-electron chi connectivity index (χ1n) is 8.47. The smallest absolute Gasteiger partial charge is 0.225 e. The predicted octanol–water partition coefficient (Wildman–Crippen LogP) is 3.02. The summed E-state index contributed by atoms with van der Waals surface area (Å²) < 4.78 is 0. The molecule has 0 saturated carbocycles. The monoisotopic (exact) mass is 303 g/mol. The van der Waals surface area contributed by atoms with Crippen molar-refractivity contribution in [2.45, 2.75) is 52.6 Å². The third-order valence-corrected chi connectivity index (χ3v) is 4.73. The van der Waals surface area contributed by atoms with Crippen LogP contribution in [0.2, 0.25) is 0 Å². The van der Waals surface area contributed by atoms with Gasteiger partial charge in [-0.3, -0.25) is 9.78 Å². The number of rotatable bonds is 5. The molecule has 0 aliphatic carbocycles. The van der Waals surface area contributed by atoms with Gasteiger partial charge in [0.25, 0.3) is 0 Å². The van der Waals surface area contributed by atoms with Gasteiger partial charge in [0.05, 0.1) is 0 Å². The van der Waals surface area contributed by atoms with Crippen LogP contribution in [0, 0.1) is 11.8 Å². The van der Waals surface area contributed by atoms with Gasteiger partial charge in [0.2, 0.25) is 5.91 Å². The number of carbonyl (C=O) groups excluding carboxylic acids is 1. The van der Waals surface area contributed by atoms with Crippen LogP contribution in [-0.4, -0.2) is 34.9 Å². The minimum Gasteiger partial charge on any atom is -0.342 e. The van der Waals surface area contributed by atoms with Crippen LogP contribution >= 0.6 is 0 Å². The van der Waals surface area contributed by atoms with E-state index in [0.717, 1.165) is 25.9 Å². The van der Waals surface area contributed by atoms with Crippen molar-refractivity contribution in [2.75, 3.05) is 13.1 Å². The second-order valence-corrected chi connectivity index (χ2v) is 6.67. The summed E-state index contributed by atoms with van der Waals surface area (Å²) >= 11 is 0. The van der Waals surface area contributed by atoms with Crippen molar-refractivity contribution < 1.29 is 4.79 Å². The first-order chi connectivity index (χ1) is 10.5. The van der Waals surface area contributed by atoms with Gasteiger partial charge in [-0.1, -0.05) is 27.2 Å². The van der Waals surface area contributed by atoms with Gasteiger partial charge in [-0.15, -0.1) is 0 Å². The molecule has 0 unspecified atom stereocenters. The molecule has 0 spiro atoms. The van der Waals surface area contributed by atoms with Gasteiger partial charge >= 0.3 is 0 Å². The first kappa shape index (κ1) is 16.9. The lowest BCUT2D eigenvalue weighted by Gasteiger charge is -2.40. The van der Waals surface area contributed by atoms with Crippen molar-refractivity contribution in [3.05, 3.63) is 30.1 Å². The van der Waals surface area contributed by atoms with Crippen molar-refractivity contribution in [3.63, 3.8) is 0 Å². The summed E-state index contributed by atoms with van der Waals surface area (Å²) in [4.78, 5) is 18.3. The Bertz CT molecular complexity index is 474. The molecule has 1 amide bonds. The number of nitrogens with zero attached hydrogens (tertiary/aromatic N) is 2. The van der Waals surface area contributed by atoms with E-state index in [1.165, 1.54) is 5.56 Å². The Balaban J connectivity index is 1.96. The Labute approximate surface area is 134 Å². The van der Waals surface area contributed by atoms with Gasteiger partial charge in [-0.2, -0.15) is 0 Å². The van der Waals surface area contributed by atoms with Crippen LogP contribution in [0.15, 0.2) is 24.5 Å². The van der Waals surface area contributed by atoms with E-state index < -0.39 is 0 Å². The topological polar surface area (TPSA) is 45.2 Å². The van der Waals surface area contributed by atoms with E-state index in [0.29, 0.717) is 23.9 Å². The number of amides is 1. The highest BCUT2D eigenvalue weighted by molar-refractivity contribution is 5.78. The van der Waals surface area contributed by atoms with E-state index in [-0.39, 0.29) is 5.92 Å². The van der Waals surface area contributed by atoms with Gasteiger partial charge in [0, 0.05) is 43.5 Å². The fourth-order valence-electron chi connectivity index (χ4n) is 3.30. The molecule has 0 aromatic carbocycles. The second-order valence-electron chi connectivity index (χ2n) is 6.67.